The standard InChI is InChI=1S/C13H22N4/c1-5-14-11-10(2)12(16-9-15-11)17-8-6-7-13(17,3)4/h9H,5-8H2,1-4H3,(H,14,15,16). The number of nitrogens with zero attached hydrogens (tertiary/aromatic N) is 3. The van der Waals surface area contributed by atoms with E-state index in [-0.39, 0.29) is 5.54 Å². The van der Waals surface area contributed by atoms with Crippen molar-refractivity contribution in [3.05, 3.63) is 11.9 Å². The summed E-state index contributed by atoms with van der Waals surface area (Å²) in [5.74, 6) is 2.04. The summed E-state index contributed by atoms with van der Waals surface area (Å²) in [6.45, 7) is 10.7. The Bertz CT molecular complexity index is 400. The highest BCUT2D eigenvalue weighted by molar-refractivity contribution is 5.59. The van der Waals surface area contributed by atoms with Crippen LogP contribution in [0.25, 0.3) is 0 Å². The van der Waals surface area contributed by atoms with E-state index in [9.17, 15) is 0 Å². The van der Waals surface area contributed by atoms with Crippen LogP contribution in [0.2, 0.25) is 0 Å². The maximum Gasteiger partial charge on any atom is 0.137 e. The van der Waals surface area contributed by atoms with Gasteiger partial charge < -0.3 is 10.2 Å². The van der Waals surface area contributed by atoms with E-state index in [0.29, 0.717) is 0 Å². The molecule has 0 radical (unpaired) electrons. The fourth-order valence-corrected chi connectivity index (χ4v) is 2.56. The summed E-state index contributed by atoms with van der Waals surface area (Å²) in [6.07, 6.45) is 4.13. The van der Waals surface area contributed by atoms with Crippen molar-refractivity contribution < 1.29 is 0 Å². The molecule has 0 atom stereocenters. The van der Waals surface area contributed by atoms with Crippen molar-refractivity contribution in [1.29, 1.82) is 0 Å². The third-order valence-corrected chi connectivity index (χ3v) is 3.56. The molecule has 0 amide bonds. The molecular weight excluding hydrogens is 212 g/mol. The van der Waals surface area contributed by atoms with Gasteiger partial charge in [-0.1, -0.05) is 0 Å². The Kier molecular flexibility index (Phi) is 3.22. The minimum Gasteiger partial charge on any atom is -0.370 e. The highest BCUT2D eigenvalue weighted by Crippen LogP contribution is 2.35. The van der Waals surface area contributed by atoms with E-state index in [1.165, 1.54) is 12.8 Å². The molecule has 1 aliphatic heterocycles. The van der Waals surface area contributed by atoms with Crippen LogP contribution in [-0.2, 0) is 0 Å². The van der Waals surface area contributed by atoms with Crippen molar-refractivity contribution in [2.75, 3.05) is 23.3 Å². The topological polar surface area (TPSA) is 41.1 Å². The summed E-state index contributed by atoms with van der Waals surface area (Å²) in [7, 11) is 0. The number of aromatic nitrogens is 2. The predicted molar refractivity (Wildman–Crippen MR) is 71.6 cm³/mol. The highest BCUT2D eigenvalue weighted by atomic mass is 15.3. The van der Waals surface area contributed by atoms with E-state index < -0.39 is 0 Å². The number of hydrogen-bond acceptors (Lipinski definition) is 4. The minimum atomic E-state index is 0.211. The summed E-state index contributed by atoms with van der Waals surface area (Å²) < 4.78 is 0. The van der Waals surface area contributed by atoms with Crippen molar-refractivity contribution in [2.24, 2.45) is 0 Å². The Morgan fingerprint density at radius 2 is 2.18 bits per heavy atom. The Morgan fingerprint density at radius 3 is 2.76 bits per heavy atom. The van der Waals surface area contributed by atoms with Gasteiger partial charge in [-0.25, -0.2) is 9.97 Å². The maximum atomic E-state index is 4.47. The van der Waals surface area contributed by atoms with Gasteiger partial charge in [-0.05, 0) is 40.5 Å². The van der Waals surface area contributed by atoms with Crippen molar-refractivity contribution in [3.63, 3.8) is 0 Å². The number of anilines is 2. The van der Waals surface area contributed by atoms with Gasteiger partial charge in [0.25, 0.3) is 0 Å². The Hall–Kier alpha value is -1.32. The van der Waals surface area contributed by atoms with E-state index in [1.54, 1.807) is 6.33 Å². The van der Waals surface area contributed by atoms with Crippen LogP contribution in [0.15, 0.2) is 6.33 Å². The molecule has 1 aromatic rings. The van der Waals surface area contributed by atoms with Crippen molar-refractivity contribution in [3.8, 4) is 0 Å². The van der Waals surface area contributed by atoms with E-state index in [4.69, 9.17) is 0 Å². The lowest BCUT2D eigenvalue weighted by atomic mass is 10.0. The largest absolute Gasteiger partial charge is 0.370 e. The molecule has 0 aliphatic carbocycles. The second kappa shape index (κ2) is 4.51. The van der Waals surface area contributed by atoms with Crippen LogP contribution < -0.4 is 10.2 Å². The zero-order valence-corrected chi connectivity index (χ0v) is 11.2. The van der Waals surface area contributed by atoms with Crippen LogP contribution in [0.3, 0.4) is 0 Å². The van der Waals surface area contributed by atoms with Gasteiger partial charge in [0.05, 0.1) is 0 Å². The molecule has 1 aromatic heterocycles. The van der Waals surface area contributed by atoms with Crippen LogP contribution in [0.5, 0.6) is 0 Å². The van der Waals surface area contributed by atoms with Gasteiger partial charge in [0.2, 0.25) is 0 Å². The zero-order chi connectivity index (χ0) is 12.5. The molecule has 0 saturated carbocycles. The Morgan fingerprint density at radius 1 is 1.41 bits per heavy atom. The first kappa shape index (κ1) is 12.1. The average Bonchev–Trinajstić information content (AvgIpc) is 2.62. The molecule has 1 aliphatic rings. The molecule has 1 fully saturated rings. The van der Waals surface area contributed by atoms with Gasteiger partial charge in [-0.15, -0.1) is 0 Å². The first-order chi connectivity index (χ1) is 8.06. The van der Waals surface area contributed by atoms with Crippen LogP contribution in [0.1, 0.15) is 39.2 Å². The maximum absolute atomic E-state index is 4.47. The molecule has 1 saturated heterocycles. The molecular formula is C13H22N4. The fraction of sp³-hybridized carbons (Fsp3) is 0.692. The minimum absolute atomic E-state index is 0.211. The highest BCUT2D eigenvalue weighted by Gasteiger charge is 2.33. The first-order valence-electron chi connectivity index (χ1n) is 6.39. The molecule has 1 N–H and O–H groups in total. The van der Waals surface area contributed by atoms with Gasteiger partial charge in [0, 0.05) is 24.2 Å². The first-order valence-corrected chi connectivity index (χ1v) is 6.39. The van der Waals surface area contributed by atoms with Crippen LogP contribution >= 0.6 is 0 Å². The van der Waals surface area contributed by atoms with E-state index in [0.717, 1.165) is 30.3 Å². The number of nitrogens with one attached hydrogen (secondary N) is 1. The Labute approximate surface area is 103 Å². The van der Waals surface area contributed by atoms with Crippen LogP contribution in [0.4, 0.5) is 11.6 Å². The molecule has 0 spiro atoms. The second-order valence-corrected chi connectivity index (χ2v) is 5.27. The fourth-order valence-electron chi connectivity index (χ4n) is 2.56. The lowest BCUT2D eigenvalue weighted by molar-refractivity contribution is 0.513. The molecule has 0 bridgehead atoms. The van der Waals surface area contributed by atoms with E-state index in [2.05, 4.69) is 47.9 Å². The van der Waals surface area contributed by atoms with E-state index in [1.807, 2.05) is 0 Å². The zero-order valence-electron chi connectivity index (χ0n) is 11.2. The van der Waals surface area contributed by atoms with Gasteiger partial charge in [0.1, 0.15) is 18.0 Å². The lowest BCUT2D eigenvalue weighted by Crippen LogP contribution is -2.39. The van der Waals surface area contributed by atoms with Gasteiger partial charge in [-0.3, -0.25) is 0 Å². The molecule has 2 rings (SSSR count). The van der Waals surface area contributed by atoms with Crippen molar-refractivity contribution in [1.82, 2.24) is 9.97 Å². The second-order valence-electron chi connectivity index (χ2n) is 5.27. The number of hydrogen-bond donors (Lipinski definition) is 1. The Balaban J connectivity index is 2.35. The quantitative estimate of drug-likeness (QED) is 0.872. The smallest absolute Gasteiger partial charge is 0.137 e. The van der Waals surface area contributed by atoms with Gasteiger partial charge in [0.15, 0.2) is 0 Å². The third-order valence-electron chi connectivity index (χ3n) is 3.56. The predicted octanol–water partition coefficient (Wildman–Crippen LogP) is 2.60. The molecule has 2 heterocycles. The molecule has 94 valence electrons. The van der Waals surface area contributed by atoms with Gasteiger partial charge in [-0.2, -0.15) is 0 Å². The monoisotopic (exact) mass is 234 g/mol. The van der Waals surface area contributed by atoms with Crippen molar-refractivity contribution in [2.45, 2.75) is 46.1 Å². The molecule has 17 heavy (non-hydrogen) atoms. The van der Waals surface area contributed by atoms with Crippen LogP contribution in [-0.4, -0.2) is 28.6 Å². The average molecular weight is 234 g/mol. The van der Waals surface area contributed by atoms with E-state index >= 15 is 0 Å². The normalized spacial score (nSPS) is 18.5. The molecule has 4 nitrogen and oxygen atoms in total. The molecule has 0 aromatic carbocycles. The number of rotatable bonds is 3. The lowest BCUT2D eigenvalue weighted by Gasteiger charge is -2.33. The summed E-state index contributed by atoms with van der Waals surface area (Å²) in [5, 5.41) is 3.29. The molecule has 0 unspecified atom stereocenters. The van der Waals surface area contributed by atoms with Gasteiger partial charge >= 0.3 is 0 Å². The van der Waals surface area contributed by atoms with Crippen molar-refractivity contribution >= 4 is 11.6 Å². The summed E-state index contributed by atoms with van der Waals surface area (Å²) in [5.41, 5.74) is 1.37. The third kappa shape index (κ3) is 2.21. The summed E-state index contributed by atoms with van der Waals surface area (Å²) in [6, 6.07) is 0. The summed E-state index contributed by atoms with van der Waals surface area (Å²) >= 11 is 0. The SMILES string of the molecule is CCNc1ncnc(N2CCCC2(C)C)c1C. The summed E-state index contributed by atoms with van der Waals surface area (Å²) in [4.78, 5) is 11.2. The molecule has 4 heteroatoms. The van der Waals surface area contributed by atoms with Crippen LogP contribution in [0, 0.1) is 6.92 Å².